The molecule has 0 aromatic heterocycles. The molecule has 1 amide bonds. The molecule has 0 radical (unpaired) electrons. The second kappa shape index (κ2) is 14.5. The molecule has 3 N–H and O–H groups in total. The number of amides is 1. The highest BCUT2D eigenvalue weighted by Gasteiger charge is 2.29. The van der Waals surface area contributed by atoms with Crippen molar-refractivity contribution in [2.24, 2.45) is 10.2 Å². The maximum atomic E-state index is 12.9. The summed E-state index contributed by atoms with van der Waals surface area (Å²) in [6.45, 7) is 0.00336. The molecule has 0 saturated carbocycles. The maximum absolute atomic E-state index is 12.9. The number of aliphatic hydroxyl groups is 2. The Morgan fingerprint density at radius 2 is 1.92 bits per heavy atom. The van der Waals surface area contributed by atoms with Crippen LogP contribution in [0.4, 0.5) is 4.79 Å². The Bertz CT molecular complexity index is 1160. The van der Waals surface area contributed by atoms with E-state index in [1.165, 1.54) is 5.01 Å². The molecule has 3 atom stereocenters. The molecule has 11 nitrogen and oxygen atoms in total. The Morgan fingerprint density at radius 3 is 2.61 bits per heavy atom. The lowest BCUT2D eigenvalue weighted by Gasteiger charge is -2.30. The van der Waals surface area contributed by atoms with E-state index in [9.17, 15) is 14.7 Å². The second-order valence-electron chi connectivity index (χ2n) is 8.16. The summed E-state index contributed by atoms with van der Waals surface area (Å²) in [6, 6.07) is 16.2. The zero-order valence-corrected chi connectivity index (χ0v) is 20.9. The zero-order chi connectivity index (χ0) is 27.3. The van der Waals surface area contributed by atoms with Crippen LogP contribution < -0.4 is 10.2 Å². The number of hydrogen-bond donors (Lipinski definition) is 3. The minimum atomic E-state index is -0.723. The molecular weight excluding hydrogens is 492 g/mol. The lowest BCUT2D eigenvalue weighted by molar-refractivity contribution is -0.176. The molecule has 38 heavy (non-hydrogen) atoms. The SMILES string of the molecule is C#CCCC1=NN=C(c2ccccc2)NN1C(=O)OCc1ccc(OC2CC(O)CC(C=O)O2)cc1.CO. The lowest BCUT2D eigenvalue weighted by atomic mass is 10.1. The third-order valence-corrected chi connectivity index (χ3v) is 5.46. The molecule has 2 heterocycles. The number of terminal acetylenes is 1. The lowest BCUT2D eigenvalue weighted by Crippen LogP contribution is -2.52. The number of amidine groups is 2. The molecule has 2 aromatic carbocycles. The fraction of sp³-hybridized carbons (Fsp3) is 0.333. The third-order valence-electron chi connectivity index (χ3n) is 5.46. The number of hydrazine groups is 1. The molecule has 0 spiro atoms. The number of nitrogens with one attached hydrogen (secondary N) is 1. The summed E-state index contributed by atoms with van der Waals surface area (Å²) in [5.74, 6) is 3.79. The van der Waals surface area contributed by atoms with E-state index in [-0.39, 0.29) is 19.4 Å². The van der Waals surface area contributed by atoms with Crippen LogP contribution in [0.15, 0.2) is 64.8 Å². The van der Waals surface area contributed by atoms with Gasteiger partial charge in [-0.3, -0.25) is 5.43 Å². The Kier molecular flexibility index (Phi) is 10.8. The van der Waals surface area contributed by atoms with Crippen LogP contribution in [0.2, 0.25) is 0 Å². The number of rotatable bonds is 8. The van der Waals surface area contributed by atoms with Crippen molar-refractivity contribution in [2.75, 3.05) is 7.11 Å². The van der Waals surface area contributed by atoms with Gasteiger partial charge >= 0.3 is 6.09 Å². The number of ether oxygens (including phenoxy) is 3. The van der Waals surface area contributed by atoms with Crippen molar-refractivity contribution < 1.29 is 34.0 Å². The van der Waals surface area contributed by atoms with Gasteiger partial charge in [0.05, 0.1) is 6.10 Å². The van der Waals surface area contributed by atoms with Gasteiger partial charge in [-0.1, -0.05) is 42.5 Å². The number of carbonyl (C=O) groups excluding carboxylic acids is 2. The average Bonchev–Trinajstić information content (AvgIpc) is 2.96. The molecule has 200 valence electrons. The Morgan fingerprint density at radius 1 is 1.18 bits per heavy atom. The van der Waals surface area contributed by atoms with Crippen molar-refractivity contribution in [3.63, 3.8) is 0 Å². The fourth-order valence-electron chi connectivity index (χ4n) is 3.64. The molecule has 2 aromatic rings. The summed E-state index contributed by atoms with van der Waals surface area (Å²) in [5, 5.41) is 26.4. The van der Waals surface area contributed by atoms with Crippen LogP contribution in [-0.2, 0) is 20.9 Å². The van der Waals surface area contributed by atoms with Gasteiger partial charge in [-0.25, -0.2) is 4.79 Å². The second-order valence-corrected chi connectivity index (χ2v) is 8.16. The first-order valence-electron chi connectivity index (χ1n) is 11.9. The molecule has 2 aliphatic heterocycles. The topological polar surface area (TPSA) is 142 Å². The summed E-state index contributed by atoms with van der Waals surface area (Å²) in [6.07, 6.45) is 4.55. The summed E-state index contributed by atoms with van der Waals surface area (Å²) in [4.78, 5) is 23.9. The number of aliphatic hydroxyl groups excluding tert-OH is 2. The monoisotopic (exact) mass is 522 g/mol. The van der Waals surface area contributed by atoms with E-state index < -0.39 is 24.6 Å². The first-order chi connectivity index (χ1) is 18.6. The smallest absolute Gasteiger partial charge is 0.435 e. The Balaban J connectivity index is 0.00000195. The zero-order valence-electron chi connectivity index (χ0n) is 20.9. The van der Waals surface area contributed by atoms with Crippen LogP contribution in [0.25, 0.3) is 0 Å². The van der Waals surface area contributed by atoms with Gasteiger partial charge in [-0.15, -0.1) is 22.5 Å². The summed E-state index contributed by atoms with van der Waals surface area (Å²) >= 11 is 0. The highest BCUT2D eigenvalue weighted by atomic mass is 16.7. The van der Waals surface area contributed by atoms with Gasteiger partial charge in [0.1, 0.15) is 24.7 Å². The van der Waals surface area contributed by atoms with Gasteiger partial charge in [0.25, 0.3) is 0 Å². The van der Waals surface area contributed by atoms with E-state index in [2.05, 4.69) is 21.5 Å². The summed E-state index contributed by atoms with van der Waals surface area (Å²) < 4.78 is 16.7. The normalized spacial score (nSPS) is 20.4. The van der Waals surface area contributed by atoms with E-state index in [0.29, 0.717) is 36.5 Å². The van der Waals surface area contributed by atoms with Gasteiger partial charge in [0.15, 0.2) is 11.7 Å². The largest absolute Gasteiger partial charge is 0.465 e. The Hall–Kier alpha value is -4.24. The van der Waals surface area contributed by atoms with Crippen molar-refractivity contribution in [1.29, 1.82) is 0 Å². The Labute approximate surface area is 220 Å². The van der Waals surface area contributed by atoms with Crippen molar-refractivity contribution in [3.05, 3.63) is 65.7 Å². The van der Waals surface area contributed by atoms with E-state index in [0.717, 1.165) is 18.2 Å². The summed E-state index contributed by atoms with van der Waals surface area (Å²) in [5.41, 5.74) is 4.45. The molecule has 2 aliphatic rings. The van der Waals surface area contributed by atoms with E-state index >= 15 is 0 Å². The van der Waals surface area contributed by atoms with Crippen molar-refractivity contribution in [1.82, 2.24) is 10.4 Å². The number of aldehydes is 1. The van der Waals surface area contributed by atoms with E-state index in [1.807, 2.05) is 30.3 Å². The van der Waals surface area contributed by atoms with Crippen LogP contribution in [0.3, 0.4) is 0 Å². The number of hydrogen-bond acceptors (Lipinski definition) is 10. The number of carbonyl (C=O) groups is 2. The quantitative estimate of drug-likeness (QED) is 0.354. The van der Waals surface area contributed by atoms with Crippen LogP contribution >= 0.6 is 0 Å². The van der Waals surface area contributed by atoms with E-state index in [1.54, 1.807) is 24.3 Å². The van der Waals surface area contributed by atoms with Gasteiger partial charge in [-0.05, 0) is 17.7 Å². The van der Waals surface area contributed by atoms with Crippen LogP contribution in [0, 0.1) is 12.3 Å². The molecular formula is C27H30N4O7. The van der Waals surface area contributed by atoms with Gasteiger partial charge in [-0.2, -0.15) is 5.01 Å². The van der Waals surface area contributed by atoms with Gasteiger partial charge in [0.2, 0.25) is 6.29 Å². The molecule has 0 aliphatic carbocycles. The molecule has 3 unspecified atom stereocenters. The number of nitrogens with zero attached hydrogens (tertiary/aromatic N) is 3. The fourth-order valence-corrected chi connectivity index (χ4v) is 3.64. The highest BCUT2D eigenvalue weighted by Crippen LogP contribution is 2.23. The van der Waals surface area contributed by atoms with Gasteiger partial charge in [0, 0.05) is 38.4 Å². The van der Waals surface area contributed by atoms with Crippen LogP contribution in [0.5, 0.6) is 5.75 Å². The minimum Gasteiger partial charge on any atom is -0.465 e. The third kappa shape index (κ3) is 7.88. The first-order valence-corrected chi connectivity index (χ1v) is 11.9. The van der Waals surface area contributed by atoms with Crippen molar-refractivity contribution in [2.45, 2.75) is 50.8 Å². The van der Waals surface area contributed by atoms with E-state index in [4.69, 9.17) is 25.7 Å². The predicted octanol–water partition coefficient (Wildman–Crippen LogP) is 2.37. The molecule has 11 heteroatoms. The van der Waals surface area contributed by atoms with Crippen molar-refractivity contribution >= 4 is 24.1 Å². The molecule has 1 saturated heterocycles. The minimum absolute atomic E-state index is 0.00336. The first kappa shape index (κ1) is 28.3. The van der Waals surface area contributed by atoms with Crippen LogP contribution in [-0.4, -0.2) is 64.9 Å². The maximum Gasteiger partial charge on any atom is 0.435 e. The average molecular weight is 523 g/mol. The molecule has 4 rings (SSSR count). The van der Waals surface area contributed by atoms with Crippen molar-refractivity contribution in [3.8, 4) is 18.1 Å². The number of benzene rings is 2. The predicted molar refractivity (Wildman–Crippen MR) is 139 cm³/mol. The highest BCUT2D eigenvalue weighted by molar-refractivity contribution is 6.05. The molecule has 0 bridgehead atoms. The standard InChI is InChI=1S/C26H26N4O6.CH4O/c1-2-3-9-23-27-28-25(19-7-5-4-6-8-19)29-30(23)26(33)34-17-18-10-12-21(13-11-18)35-24-15-20(32)14-22(16-31)36-24;1-2/h1,4-8,10-13,16,20,22,24,32H,3,9,14-15,17H2,(H,28,29);2H,1H3. The molecule has 1 fully saturated rings. The van der Waals surface area contributed by atoms with Crippen LogP contribution in [0.1, 0.15) is 36.8 Å². The van der Waals surface area contributed by atoms with Gasteiger partial charge < -0.3 is 29.2 Å². The summed E-state index contributed by atoms with van der Waals surface area (Å²) in [7, 11) is 1.00.